The van der Waals surface area contributed by atoms with Crippen molar-refractivity contribution in [2.45, 2.75) is 56.5 Å². The summed E-state index contributed by atoms with van der Waals surface area (Å²) in [5, 5.41) is 3.80. The van der Waals surface area contributed by atoms with Gasteiger partial charge in [0.15, 0.2) is 11.6 Å². The molecule has 2 fully saturated rings. The Morgan fingerprint density at radius 2 is 1.76 bits per heavy atom. The number of hydrogen-bond donors (Lipinski definition) is 1. The molecule has 25 heavy (non-hydrogen) atoms. The van der Waals surface area contributed by atoms with Gasteiger partial charge in [0.05, 0.1) is 0 Å². The number of rotatable bonds is 5. The van der Waals surface area contributed by atoms with Crippen LogP contribution in [0.2, 0.25) is 0 Å². The third kappa shape index (κ3) is 4.32. The van der Waals surface area contributed by atoms with Gasteiger partial charge in [-0.3, -0.25) is 0 Å². The van der Waals surface area contributed by atoms with Gasteiger partial charge in [0.1, 0.15) is 0 Å². The van der Waals surface area contributed by atoms with Crippen LogP contribution >= 0.6 is 0 Å². The zero-order valence-corrected chi connectivity index (χ0v) is 15.5. The maximum atomic E-state index is 13.4. The molecule has 1 aliphatic carbocycles. The Hall–Kier alpha value is -1.20. The van der Waals surface area contributed by atoms with E-state index in [4.69, 9.17) is 0 Å². The molecule has 0 unspecified atom stereocenters. The lowest BCUT2D eigenvalue weighted by molar-refractivity contribution is 0.0938. The van der Waals surface area contributed by atoms with E-state index >= 15 is 0 Å². The van der Waals surface area contributed by atoms with Crippen molar-refractivity contribution in [3.8, 4) is 0 Å². The van der Waals surface area contributed by atoms with Crippen molar-refractivity contribution in [1.29, 1.82) is 0 Å². The lowest BCUT2D eigenvalue weighted by atomic mass is 9.80. The average Bonchev–Trinajstić information content (AvgIpc) is 2.63. The van der Waals surface area contributed by atoms with Crippen LogP contribution in [0.25, 0.3) is 0 Å². The Morgan fingerprint density at radius 3 is 2.36 bits per heavy atom. The summed E-state index contributed by atoms with van der Waals surface area (Å²) in [6.07, 6.45) is 8.66. The minimum atomic E-state index is -0.776. The van der Waals surface area contributed by atoms with Crippen LogP contribution in [-0.2, 0) is 0 Å². The topological polar surface area (TPSA) is 18.5 Å². The van der Waals surface area contributed by atoms with Gasteiger partial charge in [0, 0.05) is 43.0 Å². The highest BCUT2D eigenvalue weighted by molar-refractivity contribution is 5.47. The van der Waals surface area contributed by atoms with Crippen LogP contribution in [0, 0.1) is 11.6 Å². The molecule has 1 saturated heterocycles. The largest absolute Gasteiger partial charge is 0.371 e. The average molecular weight is 351 g/mol. The summed E-state index contributed by atoms with van der Waals surface area (Å²) >= 11 is 0. The molecule has 0 spiro atoms. The fourth-order valence-electron chi connectivity index (χ4n) is 4.35. The fraction of sp³-hybridized carbons (Fsp3) is 0.700. The van der Waals surface area contributed by atoms with E-state index in [-0.39, 0.29) is 0 Å². The molecule has 0 aromatic heterocycles. The maximum Gasteiger partial charge on any atom is 0.160 e. The number of benzene rings is 1. The van der Waals surface area contributed by atoms with Crippen molar-refractivity contribution >= 4 is 5.69 Å². The van der Waals surface area contributed by atoms with Gasteiger partial charge in [0.2, 0.25) is 0 Å². The van der Waals surface area contributed by atoms with Crippen LogP contribution in [0.3, 0.4) is 0 Å². The normalized spacial score (nSPS) is 21.7. The molecule has 3 nitrogen and oxygen atoms in total. The van der Waals surface area contributed by atoms with Crippen molar-refractivity contribution in [2.24, 2.45) is 0 Å². The molecular weight excluding hydrogens is 320 g/mol. The number of nitrogens with zero attached hydrogens (tertiary/aromatic N) is 2. The van der Waals surface area contributed by atoms with Gasteiger partial charge in [0.25, 0.3) is 0 Å². The van der Waals surface area contributed by atoms with Gasteiger partial charge in [-0.15, -0.1) is 0 Å². The fourth-order valence-corrected chi connectivity index (χ4v) is 4.35. The van der Waals surface area contributed by atoms with Crippen molar-refractivity contribution in [1.82, 2.24) is 10.2 Å². The Kier molecular flexibility index (Phi) is 5.95. The number of likely N-dealkylation sites (N-methyl/N-ethyl adjacent to an activating group) is 1. The molecule has 1 aromatic rings. The number of hydrogen-bond acceptors (Lipinski definition) is 3. The van der Waals surface area contributed by atoms with E-state index in [1.807, 2.05) is 0 Å². The summed E-state index contributed by atoms with van der Waals surface area (Å²) in [6, 6.07) is 4.72. The summed E-state index contributed by atoms with van der Waals surface area (Å²) in [5.74, 6) is -1.54. The maximum absolute atomic E-state index is 13.4. The highest BCUT2D eigenvalue weighted by Crippen LogP contribution is 2.32. The Balaban J connectivity index is 1.51. The van der Waals surface area contributed by atoms with Crippen molar-refractivity contribution in [3.05, 3.63) is 29.8 Å². The van der Waals surface area contributed by atoms with Gasteiger partial charge in [-0.05, 0) is 51.9 Å². The smallest absolute Gasteiger partial charge is 0.160 e. The van der Waals surface area contributed by atoms with Crippen LogP contribution < -0.4 is 10.2 Å². The summed E-state index contributed by atoms with van der Waals surface area (Å²) in [4.78, 5) is 4.57. The van der Waals surface area contributed by atoms with E-state index in [1.54, 1.807) is 6.07 Å². The van der Waals surface area contributed by atoms with Crippen LogP contribution in [0.5, 0.6) is 0 Å². The number of halogens is 2. The van der Waals surface area contributed by atoms with Crippen LogP contribution in [0.1, 0.15) is 44.9 Å². The second-order valence-corrected chi connectivity index (χ2v) is 7.92. The van der Waals surface area contributed by atoms with E-state index in [9.17, 15) is 8.78 Å². The van der Waals surface area contributed by atoms with Crippen molar-refractivity contribution in [2.75, 3.05) is 38.6 Å². The molecule has 0 amide bonds. The van der Waals surface area contributed by atoms with Gasteiger partial charge in [-0.2, -0.15) is 0 Å². The Labute approximate surface area is 150 Å². The molecular formula is C20H31F2N3. The zero-order valence-electron chi connectivity index (χ0n) is 15.5. The van der Waals surface area contributed by atoms with E-state index < -0.39 is 11.6 Å². The lowest BCUT2D eigenvalue weighted by Gasteiger charge is -2.45. The first kappa shape index (κ1) is 18.6. The number of piperidine rings is 1. The van der Waals surface area contributed by atoms with Crippen LogP contribution in [0.15, 0.2) is 18.2 Å². The first-order valence-corrected chi connectivity index (χ1v) is 9.61. The lowest BCUT2D eigenvalue weighted by Crippen LogP contribution is -2.55. The van der Waals surface area contributed by atoms with Gasteiger partial charge in [-0.1, -0.05) is 19.3 Å². The van der Waals surface area contributed by atoms with E-state index in [0.29, 0.717) is 11.6 Å². The second-order valence-electron chi connectivity index (χ2n) is 7.92. The molecule has 1 aliphatic heterocycles. The molecule has 140 valence electrons. The highest BCUT2D eigenvalue weighted by Gasteiger charge is 2.34. The summed E-state index contributed by atoms with van der Waals surface area (Å²) in [5.41, 5.74) is 1.09. The third-order valence-electron chi connectivity index (χ3n) is 6.22. The minimum Gasteiger partial charge on any atom is -0.371 e. The minimum absolute atomic E-state index is 0.301. The number of anilines is 1. The van der Waals surface area contributed by atoms with Crippen LogP contribution in [0.4, 0.5) is 14.5 Å². The molecule has 0 atom stereocenters. The van der Waals surface area contributed by atoms with Gasteiger partial charge in [-0.25, -0.2) is 8.78 Å². The Bertz CT molecular complexity index is 562. The standard InChI is InChI=1S/C20H31F2N3/c1-24(2)20(10-4-3-5-11-20)15-23-16-8-12-25(13-9-16)17-6-7-18(21)19(22)14-17/h6-7,14,16,23H,3-5,8-13,15H2,1-2H3. The molecule has 0 radical (unpaired) electrons. The highest BCUT2D eigenvalue weighted by atomic mass is 19.2. The molecule has 3 rings (SSSR count). The van der Waals surface area contributed by atoms with Crippen molar-refractivity contribution < 1.29 is 8.78 Å². The van der Waals surface area contributed by atoms with E-state index in [0.717, 1.165) is 38.2 Å². The third-order valence-corrected chi connectivity index (χ3v) is 6.22. The van der Waals surface area contributed by atoms with Crippen LogP contribution in [-0.4, -0.2) is 50.2 Å². The SMILES string of the molecule is CN(C)C1(CNC2CCN(c3ccc(F)c(F)c3)CC2)CCCCC1. The Morgan fingerprint density at radius 1 is 1.08 bits per heavy atom. The van der Waals surface area contributed by atoms with E-state index in [1.165, 1.54) is 44.2 Å². The molecule has 0 bridgehead atoms. The van der Waals surface area contributed by atoms with Gasteiger partial charge < -0.3 is 15.1 Å². The molecule has 1 aromatic carbocycles. The summed E-state index contributed by atoms with van der Waals surface area (Å²) in [7, 11) is 4.41. The summed E-state index contributed by atoms with van der Waals surface area (Å²) < 4.78 is 26.5. The monoisotopic (exact) mass is 351 g/mol. The first-order chi connectivity index (χ1) is 12.0. The zero-order chi connectivity index (χ0) is 17.9. The van der Waals surface area contributed by atoms with E-state index in [2.05, 4.69) is 29.2 Å². The second kappa shape index (κ2) is 8.00. The first-order valence-electron chi connectivity index (χ1n) is 9.61. The molecule has 1 heterocycles. The molecule has 1 saturated carbocycles. The van der Waals surface area contributed by atoms with Gasteiger partial charge >= 0.3 is 0 Å². The molecule has 5 heteroatoms. The predicted molar refractivity (Wildman–Crippen MR) is 99.1 cm³/mol. The quantitative estimate of drug-likeness (QED) is 0.871. The molecule has 2 aliphatic rings. The molecule has 1 N–H and O–H groups in total. The van der Waals surface area contributed by atoms with Crippen molar-refractivity contribution in [3.63, 3.8) is 0 Å². The predicted octanol–water partition coefficient (Wildman–Crippen LogP) is 3.79. The number of nitrogens with one attached hydrogen (secondary N) is 1. The summed E-state index contributed by atoms with van der Waals surface area (Å²) in [6.45, 7) is 2.82.